The van der Waals surface area contributed by atoms with Crippen molar-refractivity contribution in [1.29, 1.82) is 0 Å². The van der Waals surface area contributed by atoms with E-state index in [1.165, 1.54) is 5.56 Å². The summed E-state index contributed by atoms with van der Waals surface area (Å²) in [5.74, 6) is 0.936. The van der Waals surface area contributed by atoms with Crippen LogP contribution in [0.1, 0.15) is 41.8 Å². The Morgan fingerprint density at radius 3 is 3.00 bits per heavy atom. The molecular formula is C21H29N3O3S. The Hall–Kier alpha value is -1.96. The third-order valence-corrected chi connectivity index (χ3v) is 5.52. The molecule has 1 aliphatic rings. The molecule has 0 spiro atoms. The van der Waals surface area contributed by atoms with E-state index in [2.05, 4.69) is 27.3 Å². The number of aliphatic hydroxyl groups is 1. The molecule has 2 N–H and O–H groups in total. The average molecular weight is 404 g/mol. The maximum atomic E-state index is 12.4. The highest BCUT2D eigenvalue weighted by Gasteiger charge is 2.17. The van der Waals surface area contributed by atoms with Crippen LogP contribution >= 0.6 is 11.3 Å². The summed E-state index contributed by atoms with van der Waals surface area (Å²) in [5, 5.41) is 15.1. The van der Waals surface area contributed by atoms with Crippen molar-refractivity contribution >= 4 is 17.2 Å². The van der Waals surface area contributed by atoms with E-state index in [1.807, 2.05) is 11.4 Å². The summed E-state index contributed by atoms with van der Waals surface area (Å²) in [5.41, 5.74) is 2.26. The third-order valence-electron chi connectivity index (χ3n) is 4.75. The van der Waals surface area contributed by atoms with Gasteiger partial charge in [0.2, 0.25) is 5.91 Å². The maximum Gasteiger partial charge on any atom is 0.234 e. The van der Waals surface area contributed by atoms with Crippen LogP contribution in [0.3, 0.4) is 0 Å². The summed E-state index contributed by atoms with van der Waals surface area (Å²) in [4.78, 5) is 18.9. The van der Waals surface area contributed by atoms with Crippen LogP contribution in [-0.2, 0) is 24.3 Å². The maximum absolute atomic E-state index is 12.4. The van der Waals surface area contributed by atoms with Crippen molar-refractivity contribution in [1.82, 2.24) is 15.2 Å². The molecule has 3 rings (SSSR count). The quantitative estimate of drug-likeness (QED) is 0.803. The van der Waals surface area contributed by atoms with E-state index < -0.39 is 0 Å². The van der Waals surface area contributed by atoms with Gasteiger partial charge in [0.1, 0.15) is 10.8 Å². The number of nitrogens with one attached hydrogen (secondary N) is 1. The SMILES string of the molecule is O=C1CN(Cc2nccs2)Cc2cc(CCCO)ccc2OCCCCCN1. The number of amides is 1. The van der Waals surface area contributed by atoms with E-state index in [9.17, 15) is 4.79 Å². The smallest absolute Gasteiger partial charge is 0.234 e. The van der Waals surface area contributed by atoms with Crippen molar-refractivity contribution < 1.29 is 14.6 Å². The van der Waals surface area contributed by atoms with Gasteiger partial charge in [0.15, 0.2) is 0 Å². The van der Waals surface area contributed by atoms with Crippen LogP contribution in [0.15, 0.2) is 29.8 Å². The number of nitrogens with zero attached hydrogens (tertiary/aromatic N) is 2. The Kier molecular flexibility index (Phi) is 8.26. The summed E-state index contributed by atoms with van der Waals surface area (Å²) in [6, 6.07) is 6.26. The fourth-order valence-corrected chi connectivity index (χ4v) is 4.00. The van der Waals surface area contributed by atoms with E-state index in [0.717, 1.165) is 48.4 Å². The second-order valence-corrected chi connectivity index (χ2v) is 8.08. The molecule has 0 saturated heterocycles. The Balaban J connectivity index is 1.83. The van der Waals surface area contributed by atoms with E-state index >= 15 is 0 Å². The topological polar surface area (TPSA) is 74.7 Å². The van der Waals surface area contributed by atoms with Gasteiger partial charge in [-0.25, -0.2) is 4.98 Å². The lowest BCUT2D eigenvalue weighted by molar-refractivity contribution is -0.122. The lowest BCUT2D eigenvalue weighted by Gasteiger charge is -2.22. The first-order chi connectivity index (χ1) is 13.7. The number of thiazole rings is 1. The van der Waals surface area contributed by atoms with E-state index in [-0.39, 0.29) is 12.5 Å². The minimum atomic E-state index is 0.0507. The molecule has 0 unspecified atom stereocenters. The number of hydrogen-bond donors (Lipinski definition) is 2. The molecular weight excluding hydrogens is 374 g/mol. The number of aromatic nitrogens is 1. The highest BCUT2D eigenvalue weighted by molar-refractivity contribution is 7.09. The van der Waals surface area contributed by atoms with Crippen LogP contribution in [0.2, 0.25) is 0 Å². The monoisotopic (exact) mass is 403 g/mol. The van der Waals surface area contributed by atoms with Gasteiger partial charge >= 0.3 is 0 Å². The third kappa shape index (κ3) is 6.58. The predicted molar refractivity (Wildman–Crippen MR) is 110 cm³/mol. The van der Waals surface area contributed by atoms with Crippen molar-refractivity contribution in [2.75, 3.05) is 26.3 Å². The minimum absolute atomic E-state index is 0.0507. The Morgan fingerprint density at radius 1 is 1.25 bits per heavy atom. The van der Waals surface area contributed by atoms with Crippen LogP contribution in [0.25, 0.3) is 0 Å². The van der Waals surface area contributed by atoms with Crippen LogP contribution < -0.4 is 10.1 Å². The molecule has 0 bridgehead atoms. The van der Waals surface area contributed by atoms with Gasteiger partial charge in [0.25, 0.3) is 0 Å². The normalized spacial score (nSPS) is 16.8. The minimum Gasteiger partial charge on any atom is -0.493 e. The standard InChI is InChI=1S/C21H29N3O3S/c25-10-4-5-17-6-7-19-18(13-17)14-24(16-21-23-9-12-28-21)15-20(26)22-8-2-1-3-11-27-19/h6-7,9,12-13,25H,1-5,8,10-11,14-16H2,(H,22,26). The zero-order valence-corrected chi connectivity index (χ0v) is 17.0. The summed E-state index contributed by atoms with van der Waals surface area (Å²) in [6.07, 6.45) is 6.35. The second kappa shape index (κ2) is 11.1. The molecule has 0 saturated carbocycles. The van der Waals surface area contributed by atoms with Gasteiger partial charge in [-0.15, -0.1) is 11.3 Å². The zero-order valence-electron chi connectivity index (χ0n) is 16.2. The van der Waals surface area contributed by atoms with Crippen molar-refractivity contribution in [3.05, 3.63) is 45.9 Å². The van der Waals surface area contributed by atoms with Gasteiger partial charge in [-0.3, -0.25) is 9.69 Å². The molecule has 28 heavy (non-hydrogen) atoms. The van der Waals surface area contributed by atoms with Gasteiger partial charge in [0.05, 0.1) is 19.7 Å². The molecule has 1 aliphatic heterocycles. The Labute approximate surface area is 170 Å². The van der Waals surface area contributed by atoms with Crippen molar-refractivity contribution in [2.24, 2.45) is 0 Å². The number of hydrogen-bond acceptors (Lipinski definition) is 6. The van der Waals surface area contributed by atoms with Gasteiger partial charge in [-0.2, -0.15) is 0 Å². The average Bonchev–Trinajstić information content (AvgIpc) is 3.19. The van der Waals surface area contributed by atoms with E-state index in [4.69, 9.17) is 9.84 Å². The first-order valence-corrected chi connectivity index (χ1v) is 10.9. The lowest BCUT2D eigenvalue weighted by Crippen LogP contribution is -2.37. The molecule has 2 aromatic rings. The van der Waals surface area contributed by atoms with Gasteiger partial charge in [-0.1, -0.05) is 12.1 Å². The van der Waals surface area contributed by atoms with Crippen LogP contribution in [0, 0.1) is 0 Å². The van der Waals surface area contributed by atoms with Crippen molar-refractivity contribution in [3.63, 3.8) is 0 Å². The van der Waals surface area contributed by atoms with Gasteiger partial charge in [0, 0.05) is 36.8 Å². The molecule has 0 radical (unpaired) electrons. The predicted octanol–water partition coefficient (Wildman–Crippen LogP) is 2.75. The Bertz CT molecular complexity index is 737. The largest absolute Gasteiger partial charge is 0.493 e. The molecule has 152 valence electrons. The molecule has 6 nitrogen and oxygen atoms in total. The number of aliphatic hydroxyl groups excluding tert-OH is 1. The highest BCUT2D eigenvalue weighted by Crippen LogP contribution is 2.24. The molecule has 0 aliphatic carbocycles. The zero-order chi connectivity index (χ0) is 19.6. The molecule has 0 fully saturated rings. The molecule has 2 heterocycles. The second-order valence-electron chi connectivity index (χ2n) is 7.10. The first-order valence-electron chi connectivity index (χ1n) is 9.97. The summed E-state index contributed by atoms with van der Waals surface area (Å²) < 4.78 is 6.08. The summed E-state index contributed by atoms with van der Waals surface area (Å²) >= 11 is 1.60. The van der Waals surface area contributed by atoms with Gasteiger partial charge in [-0.05, 0) is 43.7 Å². The number of benzene rings is 1. The highest BCUT2D eigenvalue weighted by atomic mass is 32.1. The lowest BCUT2D eigenvalue weighted by atomic mass is 10.0. The number of aryl methyl sites for hydroxylation is 1. The summed E-state index contributed by atoms with van der Waals surface area (Å²) in [6.45, 7) is 3.16. The number of fused-ring (bicyclic) bond motifs is 1. The van der Waals surface area contributed by atoms with E-state index in [0.29, 0.717) is 32.8 Å². The van der Waals surface area contributed by atoms with Gasteiger partial charge < -0.3 is 15.2 Å². The van der Waals surface area contributed by atoms with Crippen molar-refractivity contribution in [2.45, 2.75) is 45.2 Å². The molecule has 1 aromatic carbocycles. The number of carbonyl (C=O) groups excluding carboxylic acids is 1. The van der Waals surface area contributed by atoms with Crippen LogP contribution in [0.5, 0.6) is 5.75 Å². The molecule has 7 heteroatoms. The molecule has 0 atom stereocenters. The first kappa shape index (κ1) is 20.8. The molecule has 1 amide bonds. The number of carbonyl (C=O) groups is 1. The fraction of sp³-hybridized carbons (Fsp3) is 0.524. The molecule has 1 aromatic heterocycles. The van der Waals surface area contributed by atoms with Crippen LogP contribution in [0.4, 0.5) is 0 Å². The number of ether oxygens (including phenoxy) is 1. The fourth-order valence-electron chi connectivity index (χ4n) is 3.34. The number of rotatable bonds is 5. The Morgan fingerprint density at radius 2 is 2.18 bits per heavy atom. The van der Waals surface area contributed by atoms with E-state index in [1.54, 1.807) is 17.5 Å². The summed E-state index contributed by atoms with van der Waals surface area (Å²) in [7, 11) is 0. The van der Waals surface area contributed by atoms with Crippen LogP contribution in [-0.4, -0.2) is 47.2 Å². The van der Waals surface area contributed by atoms with Crippen molar-refractivity contribution in [3.8, 4) is 5.75 Å².